The smallest absolute Gasteiger partial charge is 0.251 e. The van der Waals surface area contributed by atoms with Gasteiger partial charge in [0.2, 0.25) is 0 Å². The summed E-state index contributed by atoms with van der Waals surface area (Å²) in [7, 11) is 0. The zero-order chi connectivity index (χ0) is 18.1. The van der Waals surface area contributed by atoms with Gasteiger partial charge >= 0.3 is 0 Å². The number of amides is 1. The second kappa shape index (κ2) is 6.92. The van der Waals surface area contributed by atoms with Gasteiger partial charge in [-0.1, -0.05) is 18.2 Å². The van der Waals surface area contributed by atoms with E-state index in [-0.39, 0.29) is 5.91 Å². The van der Waals surface area contributed by atoms with E-state index in [9.17, 15) is 4.79 Å². The van der Waals surface area contributed by atoms with Crippen LogP contribution in [0.4, 0.5) is 0 Å². The largest absolute Gasteiger partial charge is 0.381 e. The van der Waals surface area contributed by atoms with Crippen LogP contribution in [0, 0.1) is 6.92 Å². The Morgan fingerprint density at radius 3 is 2.96 bits per heavy atom. The number of ether oxygens (including phenoxy) is 1. The Bertz CT molecular complexity index is 955. The summed E-state index contributed by atoms with van der Waals surface area (Å²) in [4.78, 5) is 12.2. The highest BCUT2D eigenvalue weighted by molar-refractivity contribution is 5.96. The SMILES string of the molecule is CCNC(=O)c1ccc(C)c(-c2ccc3c(C4CCOC4)[nH]nc3c2)c1. The van der Waals surface area contributed by atoms with Gasteiger partial charge in [-0.05, 0) is 55.2 Å². The summed E-state index contributed by atoms with van der Waals surface area (Å²) in [6, 6.07) is 12.2. The maximum absolute atomic E-state index is 12.2. The van der Waals surface area contributed by atoms with Crippen molar-refractivity contribution < 1.29 is 9.53 Å². The summed E-state index contributed by atoms with van der Waals surface area (Å²) in [6.07, 6.45) is 1.03. The fourth-order valence-corrected chi connectivity index (χ4v) is 3.61. The summed E-state index contributed by atoms with van der Waals surface area (Å²) in [5.74, 6) is 0.353. The zero-order valence-electron chi connectivity index (χ0n) is 15.1. The van der Waals surface area contributed by atoms with E-state index >= 15 is 0 Å². The molecule has 2 aromatic carbocycles. The highest BCUT2D eigenvalue weighted by Crippen LogP contribution is 2.32. The molecule has 1 fully saturated rings. The third kappa shape index (κ3) is 2.99. The van der Waals surface area contributed by atoms with Gasteiger partial charge in [-0.3, -0.25) is 9.89 Å². The molecule has 1 aliphatic rings. The number of fused-ring (bicyclic) bond motifs is 1. The average molecular weight is 349 g/mol. The molecule has 26 heavy (non-hydrogen) atoms. The van der Waals surface area contributed by atoms with E-state index in [1.807, 2.05) is 25.1 Å². The van der Waals surface area contributed by atoms with Gasteiger partial charge in [-0.2, -0.15) is 5.10 Å². The van der Waals surface area contributed by atoms with Gasteiger partial charge in [0.05, 0.1) is 12.1 Å². The minimum atomic E-state index is -0.0434. The Kier molecular flexibility index (Phi) is 4.47. The number of rotatable bonds is 4. The van der Waals surface area contributed by atoms with E-state index < -0.39 is 0 Å². The van der Waals surface area contributed by atoms with Crippen molar-refractivity contribution in [1.82, 2.24) is 15.5 Å². The second-order valence-corrected chi connectivity index (χ2v) is 6.82. The molecule has 1 aliphatic heterocycles. The van der Waals surface area contributed by atoms with Crippen molar-refractivity contribution in [3.05, 3.63) is 53.2 Å². The molecule has 5 nitrogen and oxygen atoms in total. The molecule has 0 bridgehead atoms. The van der Waals surface area contributed by atoms with Crippen LogP contribution in [0.2, 0.25) is 0 Å². The Morgan fingerprint density at radius 2 is 2.19 bits per heavy atom. The van der Waals surface area contributed by atoms with Crippen molar-refractivity contribution in [2.75, 3.05) is 19.8 Å². The molecule has 2 heterocycles. The van der Waals surface area contributed by atoms with Gasteiger partial charge in [0.1, 0.15) is 0 Å². The topological polar surface area (TPSA) is 67.0 Å². The van der Waals surface area contributed by atoms with Crippen LogP contribution in [0.5, 0.6) is 0 Å². The molecule has 3 aromatic rings. The van der Waals surface area contributed by atoms with E-state index in [1.165, 1.54) is 0 Å². The fourth-order valence-electron chi connectivity index (χ4n) is 3.61. The van der Waals surface area contributed by atoms with E-state index in [0.29, 0.717) is 18.0 Å². The van der Waals surface area contributed by atoms with Crippen molar-refractivity contribution in [2.24, 2.45) is 0 Å². The molecule has 1 aromatic heterocycles. The molecule has 0 saturated carbocycles. The normalized spacial score (nSPS) is 16.9. The molecule has 5 heteroatoms. The molecule has 4 rings (SSSR count). The molecule has 134 valence electrons. The monoisotopic (exact) mass is 349 g/mol. The Morgan fingerprint density at radius 1 is 1.31 bits per heavy atom. The number of carbonyl (C=O) groups is 1. The van der Waals surface area contributed by atoms with Gasteiger partial charge in [-0.25, -0.2) is 0 Å². The van der Waals surface area contributed by atoms with E-state index in [2.05, 4.69) is 40.6 Å². The lowest BCUT2D eigenvalue weighted by molar-refractivity contribution is 0.0956. The number of aryl methyl sites for hydroxylation is 1. The van der Waals surface area contributed by atoms with Crippen LogP contribution in [0.3, 0.4) is 0 Å². The van der Waals surface area contributed by atoms with Gasteiger partial charge in [0.25, 0.3) is 5.91 Å². The molecule has 0 spiro atoms. The number of H-pyrrole nitrogens is 1. The van der Waals surface area contributed by atoms with Crippen molar-refractivity contribution >= 4 is 16.8 Å². The predicted molar refractivity (Wildman–Crippen MR) is 102 cm³/mol. The molecule has 2 N–H and O–H groups in total. The third-order valence-corrected chi connectivity index (χ3v) is 5.07. The average Bonchev–Trinajstić information content (AvgIpc) is 3.31. The van der Waals surface area contributed by atoms with E-state index in [4.69, 9.17) is 4.74 Å². The van der Waals surface area contributed by atoms with Gasteiger partial charge < -0.3 is 10.1 Å². The predicted octanol–water partition coefficient (Wildman–Crippen LogP) is 3.79. The highest BCUT2D eigenvalue weighted by atomic mass is 16.5. The first kappa shape index (κ1) is 16.8. The number of hydrogen-bond donors (Lipinski definition) is 2. The summed E-state index contributed by atoms with van der Waals surface area (Å²) in [6.45, 7) is 6.18. The van der Waals surface area contributed by atoms with Crippen LogP contribution in [-0.4, -0.2) is 35.9 Å². The molecule has 1 amide bonds. The zero-order valence-corrected chi connectivity index (χ0v) is 15.1. The van der Waals surface area contributed by atoms with Crippen LogP contribution in [0.25, 0.3) is 22.0 Å². The Balaban J connectivity index is 1.72. The standard InChI is InChI=1S/C21H23N3O2/c1-3-22-21(25)15-5-4-13(2)18(10-15)14-6-7-17-19(11-14)23-24-20(17)16-8-9-26-12-16/h4-7,10-11,16H,3,8-9,12H2,1-2H3,(H,22,25)(H,23,24). The number of carbonyl (C=O) groups excluding carboxylic acids is 1. The van der Waals surface area contributed by atoms with Crippen LogP contribution < -0.4 is 5.32 Å². The number of aromatic nitrogens is 2. The quantitative estimate of drug-likeness (QED) is 0.753. The number of nitrogens with one attached hydrogen (secondary N) is 2. The summed E-state index contributed by atoms with van der Waals surface area (Å²) < 4.78 is 5.51. The number of nitrogens with zero attached hydrogens (tertiary/aromatic N) is 1. The summed E-state index contributed by atoms with van der Waals surface area (Å²) in [5, 5.41) is 11.7. The number of aromatic amines is 1. The Hall–Kier alpha value is -2.66. The molecule has 1 unspecified atom stereocenters. The number of benzene rings is 2. The van der Waals surface area contributed by atoms with E-state index in [1.54, 1.807) is 0 Å². The summed E-state index contributed by atoms with van der Waals surface area (Å²) in [5.41, 5.74) is 6.06. The van der Waals surface area contributed by atoms with Crippen LogP contribution in [0.1, 0.15) is 40.9 Å². The lowest BCUT2D eigenvalue weighted by Crippen LogP contribution is -2.22. The molecule has 0 aliphatic carbocycles. The maximum atomic E-state index is 12.2. The second-order valence-electron chi connectivity index (χ2n) is 6.82. The van der Waals surface area contributed by atoms with Gasteiger partial charge in [-0.15, -0.1) is 0 Å². The minimum Gasteiger partial charge on any atom is -0.381 e. The first-order valence-corrected chi connectivity index (χ1v) is 9.12. The van der Waals surface area contributed by atoms with Gasteiger partial charge in [0.15, 0.2) is 0 Å². The highest BCUT2D eigenvalue weighted by Gasteiger charge is 2.22. The molecular formula is C21H23N3O2. The van der Waals surface area contributed by atoms with Crippen LogP contribution in [-0.2, 0) is 4.74 Å². The Labute approximate surface area is 152 Å². The maximum Gasteiger partial charge on any atom is 0.251 e. The number of hydrogen-bond acceptors (Lipinski definition) is 3. The van der Waals surface area contributed by atoms with Crippen molar-refractivity contribution in [1.29, 1.82) is 0 Å². The molecule has 1 saturated heterocycles. The lowest BCUT2D eigenvalue weighted by atomic mass is 9.95. The molecular weight excluding hydrogens is 326 g/mol. The van der Waals surface area contributed by atoms with Gasteiger partial charge in [0, 0.05) is 35.7 Å². The summed E-state index contributed by atoms with van der Waals surface area (Å²) >= 11 is 0. The van der Waals surface area contributed by atoms with Crippen molar-refractivity contribution in [2.45, 2.75) is 26.2 Å². The van der Waals surface area contributed by atoms with Crippen molar-refractivity contribution in [3.63, 3.8) is 0 Å². The van der Waals surface area contributed by atoms with E-state index in [0.717, 1.165) is 52.9 Å². The lowest BCUT2D eigenvalue weighted by Gasteiger charge is -2.10. The third-order valence-electron chi connectivity index (χ3n) is 5.07. The first-order chi connectivity index (χ1) is 12.7. The van der Waals surface area contributed by atoms with Crippen LogP contribution >= 0.6 is 0 Å². The molecule has 0 radical (unpaired) electrons. The minimum absolute atomic E-state index is 0.0434. The molecule has 1 atom stereocenters. The van der Waals surface area contributed by atoms with Crippen LogP contribution in [0.15, 0.2) is 36.4 Å². The first-order valence-electron chi connectivity index (χ1n) is 9.12. The fraction of sp³-hybridized carbons (Fsp3) is 0.333. The van der Waals surface area contributed by atoms with Crippen molar-refractivity contribution in [3.8, 4) is 11.1 Å².